The third-order valence-electron chi connectivity index (χ3n) is 1.96. The van der Waals surface area contributed by atoms with Crippen LogP contribution >= 0.6 is 0 Å². The molecule has 0 heterocycles. The first-order valence-electron chi connectivity index (χ1n) is 4.63. The number of hydrogen-bond acceptors (Lipinski definition) is 4. The molecule has 8 heteroatoms. The Morgan fingerprint density at radius 2 is 1.83 bits per heavy atom. The van der Waals surface area contributed by atoms with Gasteiger partial charge in [-0.3, -0.25) is 0 Å². The van der Waals surface area contributed by atoms with E-state index in [1.54, 1.807) is 24.3 Å². The summed E-state index contributed by atoms with van der Waals surface area (Å²) in [6.07, 6.45) is -1.36. The molecule has 0 bridgehead atoms. The summed E-state index contributed by atoms with van der Waals surface area (Å²) in [5, 5.41) is 8.73. The summed E-state index contributed by atoms with van der Waals surface area (Å²) in [4.78, 5) is 0. The van der Waals surface area contributed by atoms with Crippen LogP contribution in [0, 0.1) is 11.3 Å². The van der Waals surface area contributed by atoms with Crippen LogP contribution in [-0.4, -0.2) is 19.9 Å². The van der Waals surface area contributed by atoms with Crippen LogP contribution in [0.5, 0.6) is 0 Å². The second-order valence-electron chi connectivity index (χ2n) is 3.26. The maximum Gasteiger partial charge on any atom is 0.499 e. The number of nitriles is 1. The van der Waals surface area contributed by atoms with Crippen molar-refractivity contribution in [2.45, 2.75) is 11.6 Å². The van der Waals surface area contributed by atoms with Gasteiger partial charge in [-0.15, -0.1) is 0 Å². The van der Waals surface area contributed by atoms with E-state index in [0.29, 0.717) is 0 Å². The topological polar surface area (TPSA) is 67.2 Å². The molecule has 0 aliphatic heterocycles. The molecule has 0 fully saturated rings. The third-order valence-corrected chi connectivity index (χ3v) is 3.11. The molecule has 0 saturated heterocycles. The average molecular weight is 279 g/mol. The van der Waals surface area contributed by atoms with Gasteiger partial charge in [0.25, 0.3) is 9.84 Å². The molecule has 0 aliphatic carbocycles. The van der Waals surface area contributed by atoms with Crippen molar-refractivity contribution in [1.82, 2.24) is 0 Å². The van der Waals surface area contributed by atoms with Crippen molar-refractivity contribution in [3.05, 3.63) is 35.9 Å². The van der Waals surface area contributed by atoms with Crippen LogP contribution in [0.15, 0.2) is 30.3 Å². The first kappa shape index (κ1) is 14.5. The molecule has 0 aliphatic rings. The van der Waals surface area contributed by atoms with E-state index in [4.69, 9.17) is 5.26 Å². The number of sulfone groups is 1. The molecular weight excluding hydrogens is 271 g/mol. The van der Waals surface area contributed by atoms with E-state index >= 15 is 0 Å². The van der Waals surface area contributed by atoms with E-state index in [1.165, 1.54) is 12.1 Å². The fourth-order valence-corrected chi connectivity index (χ4v) is 1.51. The van der Waals surface area contributed by atoms with Crippen LogP contribution in [0.1, 0.15) is 11.7 Å². The van der Waals surface area contributed by atoms with Crippen molar-refractivity contribution >= 4 is 9.84 Å². The Bertz CT molecular complexity index is 534. The predicted molar refractivity (Wildman–Crippen MR) is 55.7 cm³/mol. The SMILES string of the molecule is N#CC(OCS(=O)(=O)C(F)(F)F)c1ccccc1. The molecule has 0 N–H and O–H groups in total. The Labute approximate surface area is 102 Å². The molecule has 1 aromatic rings. The highest BCUT2D eigenvalue weighted by atomic mass is 32.2. The smallest absolute Gasteiger partial charge is 0.342 e. The van der Waals surface area contributed by atoms with Crippen LogP contribution in [0.25, 0.3) is 0 Å². The van der Waals surface area contributed by atoms with Gasteiger partial charge in [0.15, 0.2) is 12.0 Å². The van der Waals surface area contributed by atoms with E-state index in [2.05, 4.69) is 4.74 Å². The minimum Gasteiger partial charge on any atom is -0.342 e. The van der Waals surface area contributed by atoms with Crippen molar-refractivity contribution in [2.24, 2.45) is 0 Å². The van der Waals surface area contributed by atoms with Gasteiger partial charge < -0.3 is 4.74 Å². The van der Waals surface area contributed by atoms with Crippen LogP contribution in [0.3, 0.4) is 0 Å². The van der Waals surface area contributed by atoms with Gasteiger partial charge in [0, 0.05) is 0 Å². The number of rotatable bonds is 4. The normalized spacial score (nSPS) is 13.9. The largest absolute Gasteiger partial charge is 0.499 e. The van der Waals surface area contributed by atoms with Gasteiger partial charge in [0.2, 0.25) is 0 Å². The Morgan fingerprint density at radius 3 is 2.28 bits per heavy atom. The molecule has 4 nitrogen and oxygen atoms in total. The van der Waals surface area contributed by atoms with E-state index in [-0.39, 0.29) is 5.56 Å². The molecule has 98 valence electrons. The average Bonchev–Trinajstić information content (AvgIpc) is 2.29. The zero-order valence-electron chi connectivity index (χ0n) is 8.89. The zero-order chi connectivity index (χ0) is 13.8. The van der Waals surface area contributed by atoms with E-state index in [0.717, 1.165) is 0 Å². The summed E-state index contributed by atoms with van der Waals surface area (Å²) in [5.41, 5.74) is -5.10. The minimum atomic E-state index is -5.39. The molecule has 1 atom stereocenters. The van der Waals surface area contributed by atoms with E-state index in [1.807, 2.05) is 0 Å². The molecule has 1 aromatic carbocycles. The van der Waals surface area contributed by atoms with Gasteiger partial charge in [0.05, 0.1) is 6.07 Å². The number of hydrogen-bond donors (Lipinski definition) is 0. The van der Waals surface area contributed by atoms with Gasteiger partial charge >= 0.3 is 5.51 Å². The lowest BCUT2D eigenvalue weighted by Gasteiger charge is -2.12. The van der Waals surface area contributed by atoms with Crippen molar-refractivity contribution in [1.29, 1.82) is 5.26 Å². The summed E-state index contributed by atoms with van der Waals surface area (Å²) in [6.45, 7) is 0. The molecule has 0 amide bonds. The molecule has 0 saturated carbocycles. The second kappa shape index (κ2) is 5.37. The Balaban J connectivity index is 2.77. The number of ether oxygens (including phenoxy) is 1. The summed E-state index contributed by atoms with van der Waals surface area (Å²) in [5.74, 6) is -1.58. The molecule has 1 unspecified atom stereocenters. The molecule has 0 radical (unpaired) electrons. The van der Waals surface area contributed by atoms with Gasteiger partial charge in [-0.05, 0) is 5.56 Å². The minimum absolute atomic E-state index is 0.289. The van der Waals surface area contributed by atoms with E-state index < -0.39 is 27.4 Å². The third kappa shape index (κ3) is 3.45. The lowest BCUT2D eigenvalue weighted by Crippen LogP contribution is -2.28. The Hall–Kier alpha value is -1.59. The summed E-state index contributed by atoms with van der Waals surface area (Å²) < 4.78 is 62.1. The van der Waals surface area contributed by atoms with Crippen molar-refractivity contribution in [3.63, 3.8) is 0 Å². The fourth-order valence-electron chi connectivity index (χ4n) is 1.06. The van der Waals surface area contributed by atoms with Gasteiger partial charge in [-0.1, -0.05) is 30.3 Å². The van der Waals surface area contributed by atoms with Crippen LogP contribution in [-0.2, 0) is 14.6 Å². The van der Waals surface area contributed by atoms with Crippen LogP contribution < -0.4 is 0 Å². The Kier molecular flexibility index (Phi) is 4.32. The zero-order valence-corrected chi connectivity index (χ0v) is 9.70. The monoisotopic (exact) mass is 279 g/mol. The summed E-state index contributed by atoms with van der Waals surface area (Å²) in [7, 11) is -5.38. The van der Waals surface area contributed by atoms with Gasteiger partial charge in [0.1, 0.15) is 0 Å². The quantitative estimate of drug-likeness (QED) is 0.847. The molecule has 0 spiro atoms. The Morgan fingerprint density at radius 1 is 1.28 bits per heavy atom. The number of nitrogens with zero attached hydrogens (tertiary/aromatic N) is 1. The van der Waals surface area contributed by atoms with Crippen molar-refractivity contribution in [2.75, 3.05) is 5.94 Å². The summed E-state index contributed by atoms with van der Waals surface area (Å²) >= 11 is 0. The highest BCUT2D eigenvalue weighted by Crippen LogP contribution is 2.26. The number of alkyl halides is 3. The van der Waals surface area contributed by atoms with Crippen molar-refractivity contribution < 1.29 is 26.3 Å². The van der Waals surface area contributed by atoms with E-state index in [9.17, 15) is 21.6 Å². The van der Waals surface area contributed by atoms with Crippen molar-refractivity contribution in [3.8, 4) is 6.07 Å². The predicted octanol–water partition coefficient (Wildman–Crippen LogP) is 2.16. The molecule has 0 aromatic heterocycles. The van der Waals surface area contributed by atoms with Crippen LogP contribution in [0.4, 0.5) is 13.2 Å². The van der Waals surface area contributed by atoms with Crippen LogP contribution in [0.2, 0.25) is 0 Å². The molecule has 18 heavy (non-hydrogen) atoms. The maximum absolute atomic E-state index is 12.0. The first-order chi connectivity index (χ1) is 8.28. The highest BCUT2D eigenvalue weighted by Gasteiger charge is 2.46. The maximum atomic E-state index is 12.0. The highest BCUT2D eigenvalue weighted by molar-refractivity contribution is 7.92. The van der Waals surface area contributed by atoms with Gasteiger partial charge in [-0.25, -0.2) is 8.42 Å². The fraction of sp³-hybridized carbons (Fsp3) is 0.300. The lowest BCUT2D eigenvalue weighted by atomic mass is 10.1. The first-order valence-corrected chi connectivity index (χ1v) is 6.28. The standard InChI is InChI=1S/C10H8F3NO3S/c11-10(12,13)18(15,16)7-17-9(6-14)8-4-2-1-3-5-8/h1-5,9H,7H2. The second-order valence-corrected chi connectivity index (χ2v) is 5.19. The lowest BCUT2D eigenvalue weighted by molar-refractivity contribution is -0.0470. The summed E-state index contributed by atoms with van der Waals surface area (Å²) in [6, 6.07) is 9.25. The number of halogens is 3. The number of benzene rings is 1. The molecule has 1 rings (SSSR count). The van der Waals surface area contributed by atoms with Gasteiger partial charge in [-0.2, -0.15) is 18.4 Å². The molecular formula is C10H8F3NO3S.